The van der Waals surface area contributed by atoms with Crippen LogP contribution in [0.1, 0.15) is 40.2 Å². The third-order valence-electron chi connectivity index (χ3n) is 6.31. The van der Waals surface area contributed by atoms with E-state index >= 15 is 0 Å². The largest absolute Gasteiger partial charge is 0.479 e. The zero-order valence-electron chi connectivity index (χ0n) is 18.8. The van der Waals surface area contributed by atoms with E-state index in [0.717, 1.165) is 35.1 Å². The molecular formula is C27H24N2O6. The second kappa shape index (κ2) is 9.60. The first-order valence-electron chi connectivity index (χ1n) is 11.4. The van der Waals surface area contributed by atoms with E-state index in [-0.39, 0.29) is 24.0 Å². The molecule has 0 bridgehead atoms. The maximum atomic E-state index is 12.4. The lowest BCUT2D eigenvalue weighted by atomic mass is 9.98. The lowest BCUT2D eigenvalue weighted by Gasteiger charge is -2.15. The number of benzene rings is 3. The smallest absolute Gasteiger partial charge is 0.411 e. The fraction of sp³-hybridized carbons (Fsp3) is 0.222. The van der Waals surface area contributed by atoms with Gasteiger partial charge in [-0.05, 0) is 65.3 Å². The predicted octanol–water partition coefficient (Wildman–Crippen LogP) is 4.57. The molecule has 8 heteroatoms. The summed E-state index contributed by atoms with van der Waals surface area (Å²) in [6.07, 6.45) is -0.110. The van der Waals surface area contributed by atoms with Gasteiger partial charge >= 0.3 is 12.1 Å². The molecule has 1 fully saturated rings. The highest BCUT2D eigenvalue weighted by Gasteiger charge is 2.38. The Morgan fingerprint density at radius 1 is 0.886 bits per heavy atom. The number of carboxylic acids is 1. The Morgan fingerprint density at radius 3 is 2.06 bits per heavy atom. The Labute approximate surface area is 201 Å². The van der Waals surface area contributed by atoms with E-state index in [1.54, 1.807) is 12.1 Å². The maximum Gasteiger partial charge on any atom is 0.411 e. The first-order chi connectivity index (χ1) is 17.0. The minimum Gasteiger partial charge on any atom is -0.479 e. The number of nitrogens with one attached hydrogen (secondary N) is 2. The molecule has 2 aliphatic rings. The zero-order chi connectivity index (χ0) is 24.4. The lowest BCUT2D eigenvalue weighted by Crippen LogP contribution is -2.35. The van der Waals surface area contributed by atoms with Crippen molar-refractivity contribution in [2.24, 2.45) is 5.92 Å². The minimum absolute atomic E-state index is 0.0375. The highest BCUT2D eigenvalue weighted by atomic mass is 16.7. The molecule has 0 spiro atoms. The summed E-state index contributed by atoms with van der Waals surface area (Å²) in [5.74, 6) is -1.78. The van der Waals surface area contributed by atoms with Gasteiger partial charge in [-0.25, -0.2) is 15.1 Å². The number of hydrogen-bond acceptors (Lipinski definition) is 5. The van der Waals surface area contributed by atoms with E-state index in [4.69, 9.17) is 14.7 Å². The fourth-order valence-electron chi connectivity index (χ4n) is 4.38. The number of fused-ring (bicyclic) bond motifs is 3. The molecule has 0 aromatic heterocycles. The monoisotopic (exact) mass is 472 g/mol. The van der Waals surface area contributed by atoms with Crippen LogP contribution in [0.25, 0.3) is 11.1 Å². The van der Waals surface area contributed by atoms with Gasteiger partial charge < -0.3 is 9.84 Å². The topological polar surface area (TPSA) is 114 Å². The molecule has 3 aromatic carbocycles. The van der Waals surface area contributed by atoms with Gasteiger partial charge in [-0.15, -0.1) is 0 Å². The Kier molecular flexibility index (Phi) is 6.20. The quantitative estimate of drug-likeness (QED) is 0.414. The number of anilines is 1. The van der Waals surface area contributed by atoms with Crippen molar-refractivity contribution in [3.8, 4) is 11.1 Å². The zero-order valence-corrected chi connectivity index (χ0v) is 18.8. The third-order valence-corrected chi connectivity index (χ3v) is 6.31. The Hall–Kier alpha value is -4.17. The van der Waals surface area contributed by atoms with Crippen molar-refractivity contribution in [2.75, 3.05) is 11.9 Å². The normalized spacial score (nSPS) is 15.0. The Bertz CT molecular complexity index is 1220. The van der Waals surface area contributed by atoms with Gasteiger partial charge in [0.15, 0.2) is 6.10 Å². The second-order valence-corrected chi connectivity index (χ2v) is 8.67. The summed E-state index contributed by atoms with van der Waals surface area (Å²) in [4.78, 5) is 41.0. The molecule has 3 N–H and O–H groups in total. The van der Waals surface area contributed by atoms with Gasteiger partial charge in [-0.3, -0.25) is 14.9 Å². The summed E-state index contributed by atoms with van der Waals surface area (Å²) in [5, 5.41) is 11.8. The van der Waals surface area contributed by atoms with Crippen LogP contribution in [-0.2, 0) is 14.4 Å². The average molecular weight is 472 g/mol. The fourth-order valence-corrected chi connectivity index (χ4v) is 4.38. The van der Waals surface area contributed by atoms with E-state index in [9.17, 15) is 14.4 Å². The lowest BCUT2D eigenvalue weighted by molar-refractivity contribution is -0.155. The molecule has 35 heavy (non-hydrogen) atoms. The summed E-state index contributed by atoms with van der Waals surface area (Å²) in [6, 6.07) is 22.3. The van der Waals surface area contributed by atoms with Crippen LogP contribution in [0.4, 0.5) is 10.5 Å². The predicted molar refractivity (Wildman–Crippen MR) is 128 cm³/mol. The molecule has 1 unspecified atom stereocenters. The van der Waals surface area contributed by atoms with Crippen LogP contribution < -0.4 is 10.8 Å². The minimum atomic E-state index is -1.10. The number of amides is 2. The number of aliphatic carboxylic acids is 1. The van der Waals surface area contributed by atoms with Crippen LogP contribution in [0.15, 0.2) is 72.8 Å². The molecule has 0 saturated heterocycles. The molecule has 178 valence electrons. The number of carboxylic acid groups (broad SMARTS) is 1. The Morgan fingerprint density at radius 2 is 1.49 bits per heavy atom. The summed E-state index contributed by atoms with van der Waals surface area (Å²) in [7, 11) is 0. The van der Waals surface area contributed by atoms with E-state index in [2.05, 4.69) is 35.1 Å². The first-order valence-corrected chi connectivity index (χ1v) is 11.4. The van der Waals surface area contributed by atoms with Crippen molar-refractivity contribution in [3.05, 3.63) is 89.5 Å². The highest BCUT2D eigenvalue weighted by Crippen LogP contribution is 2.44. The number of carbonyl (C=O) groups is 3. The molecular weight excluding hydrogens is 448 g/mol. The van der Waals surface area contributed by atoms with Crippen molar-refractivity contribution < 1.29 is 29.1 Å². The molecule has 0 radical (unpaired) electrons. The summed E-state index contributed by atoms with van der Waals surface area (Å²) in [5.41, 5.74) is 7.49. The van der Waals surface area contributed by atoms with E-state index < -0.39 is 24.1 Å². The maximum absolute atomic E-state index is 12.4. The molecule has 5 rings (SSSR count). The molecule has 3 aromatic rings. The van der Waals surface area contributed by atoms with Crippen LogP contribution >= 0.6 is 0 Å². The van der Waals surface area contributed by atoms with E-state index in [0.29, 0.717) is 5.69 Å². The average Bonchev–Trinajstić information content (AvgIpc) is 3.65. The van der Waals surface area contributed by atoms with Gasteiger partial charge in [-0.1, -0.05) is 48.5 Å². The van der Waals surface area contributed by atoms with Gasteiger partial charge in [0.2, 0.25) is 0 Å². The molecule has 1 atom stereocenters. The van der Waals surface area contributed by atoms with Crippen LogP contribution in [0.5, 0.6) is 0 Å². The van der Waals surface area contributed by atoms with Gasteiger partial charge in [0.25, 0.3) is 5.91 Å². The van der Waals surface area contributed by atoms with Crippen molar-refractivity contribution in [3.63, 3.8) is 0 Å². The molecule has 2 amide bonds. The summed E-state index contributed by atoms with van der Waals surface area (Å²) < 4.78 is 5.53. The van der Waals surface area contributed by atoms with Gasteiger partial charge in [0.05, 0.1) is 0 Å². The van der Waals surface area contributed by atoms with E-state index in [1.807, 2.05) is 24.3 Å². The number of rotatable bonds is 8. The summed E-state index contributed by atoms with van der Waals surface area (Å²) in [6.45, 7) is 0.198. The number of ether oxygens (including phenoxy) is 1. The van der Waals surface area contributed by atoms with Crippen molar-refractivity contribution in [1.82, 2.24) is 5.48 Å². The number of hydrogen-bond donors (Lipinski definition) is 3. The molecule has 0 aliphatic heterocycles. The molecule has 1 saturated carbocycles. The van der Waals surface area contributed by atoms with Crippen molar-refractivity contribution >= 4 is 23.7 Å². The number of carbonyl (C=O) groups excluding carboxylic acids is 2. The van der Waals surface area contributed by atoms with Crippen LogP contribution in [0.3, 0.4) is 0 Å². The molecule has 8 nitrogen and oxygen atoms in total. The third kappa shape index (κ3) is 4.88. The molecule has 0 heterocycles. The standard InChI is InChI=1S/C27H24N2O6/c30-25(29-35-24(26(31)32)16-9-10-16)17-11-13-18(14-12-17)28-27(33)34-15-23-21-7-3-1-5-19(21)20-6-2-4-8-22(20)23/h1-8,11-14,16,23-24H,9-10,15H2,(H,28,33)(H,29,30)(H,31,32). The summed E-state index contributed by atoms with van der Waals surface area (Å²) >= 11 is 0. The Balaban J connectivity index is 1.15. The first kappa shape index (κ1) is 22.6. The van der Waals surface area contributed by atoms with Crippen LogP contribution in [0, 0.1) is 5.92 Å². The number of hydroxylamine groups is 1. The van der Waals surface area contributed by atoms with Crippen LogP contribution in [0.2, 0.25) is 0 Å². The van der Waals surface area contributed by atoms with Gasteiger partial charge in [0.1, 0.15) is 6.61 Å². The van der Waals surface area contributed by atoms with Crippen molar-refractivity contribution in [2.45, 2.75) is 24.9 Å². The van der Waals surface area contributed by atoms with Crippen LogP contribution in [-0.4, -0.2) is 35.8 Å². The second-order valence-electron chi connectivity index (χ2n) is 8.67. The van der Waals surface area contributed by atoms with Crippen molar-refractivity contribution in [1.29, 1.82) is 0 Å². The molecule has 2 aliphatic carbocycles. The van der Waals surface area contributed by atoms with Gasteiger partial charge in [-0.2, -0.15) is 0 Å². The van der Waals surface area contributed by atoms with Gasteiger partial charge in [0, 0.05) is 17.2 Å². The van der Waals surface area contributed by atoms with E-state index in [1.165, 1.54) is 12.1 Å². The SMILES string of the molecule is O=C(Nc1ccc(C(=O)NOC(C(=O)O)C2CC2)cc1)OCC1c2ccccc2-c2ccccc21. The highest BCUT2D eigenvalue weighted by molar-refractivity contribution is 5.94.